The van der Waals surface area contributed by atoms with Gasteiger partial charge in [0.15, 0.2) is 0 Å². The Morgan fingerprint density at radius 1 is 0.595 bits per heavy atom. The molecule has 0 fully saturated rings. The van der Waals surface area contributed by atoms with Crippen molar-refractivity contribution < 1.29 is 0 Å². The van der Waals surface area contributed by atoms with Crippen LogP contribution >= 0.6 is 0 Å². The van der Waals surface area contributed by atoms with Crippen LogP contribution in [0.3, 0.4) is 0 Å². The minimum absolute atomic E-state index is 0.658. The highest BCUT2D eigenvalue weighted by atomic mass is 14.9. The van der Waals surface area contributed by atoms with Crippen LogP contribution in [0, 0.1) is 0 Å². The Kier molecular flexibility index (Phi) is 6.16. The fourth-order valence-electron chi connectivity index (χ4n) is 5.42. The molecule has 0 aliphatic rings. The molecule has 0 unspecified atom stereocenters. The van der Waals surface area contributed by atoms with Gasteiger partial charge in [-0.3, -0.25) is 4.99 Å². The minimum Gasteiger partial charge on any atom is -0.384 e. The normalized spacial score (nSPS) is 12.6. The van der Waals surface area contributed by atoms with Crippen molar-refractivity contribution in [1.29, 1.82) is 0 Å². The number of rotatable bonds is 6. The molecule has 0 amide bonds. The molecule has 6 rings (SSSR count). The second-order valence-electron chi connectivity index (χ2n) is 9.73. The van der Waals surface area contributed by atoms with Crippen molar-refractivity contribution >= 4 is 48.8 Å². The van der Waals surface area contributed by atoms with Crippen LogP contribution < -0.4 is 5.32 Å². The summed E-state index contributed by atoms with van der Waals surface area (Å²) in [6, 6.07) is 39.1. The molecule has 2 heteroatoms. The lowest BCUT2D eigenvalue weighted by Crippen LogP contribution is -2.12. The van der Waals surface area contributed by atoms with Crippen LogP contribution in [0.4, 0.5) is 0 Å². The van der Waals surface area contributed by atoms with E-state index in [4.69, 9.17) is 4.99 Å². The molecular weight excluding hydrogens is 448 g/mol. The maximum Gasteiger partial charge on any atom is 0.0655 e. The van der Waals surface area contributed by atoms with Crippen molar-refractivity contribution in [2.45, 2.75) is 26.9 Å². The van der Waals surface area contributed by atoms with Gasteiger partial charge in [-0.2, -0.15) is 0 Å². The Morgan fingerprint density at radius 2 is 1.00 bits per heavy atom. The second-order valence-corrected chi connectivity index (χ2v) is 9.73. The zero-order chi connectivity index (χ0) is 25.2. The predicted molar refractivity (Wildman–Crippen MR) is 160 cm³/mol. The van der Waals surface area contributed by atoms with Gasteiger partial charge in [-0.15, -0.1) is 0 Å². The van der Waals surface area contributed by atoms with E-state index in [1.54, 1.807) is 0 Å². The van der Waals surface area contributed by atoms with Crippen LogP contribution in [-0.2, 0) is 13.1 Å². The molecule has 0 saturated carbocycles. The van der Waals surface area contributed by atoms with Crippen LogP contribution in [0.25, 0.3) is 43.1 Å². The molecule has 37 heavy (non-hydrogen) atoms. The Morgan fingerprint density at radius 3 is 1.46 bits per heavy atom. The van der Waals surface area contributed by atoms with E-state index in [1.165, 1.54) is 54.2 Å². The molecule has 6 aromatic rings. The van der Waals surface area contributed by atoms with Gasteiger partial charge in [-0.05, 0) is 86.3 Å². The van der Waals surface area contributed by atoms with Gasteiger partial charge in [0.25, 0.3) is 0 Å². The summed E-state index contributed by atoms with van der Waals surface area (Å²) in [5.41, 5.74) is 4.75. The standard InChI is InChI=1S/C35H30N2/c1-24(36-22-34-30-15-7-3-11-26(30)20-27-12-4-8-16-31(27)34)19-25(2)37-23-35-32-17-9-5-13-28(32)21-29-14-6-10-18-33(29)35/h3-21,36H,22-23H2,1-2H3. The molecule has 180 valence electrons. The third kappa shape index (κ3) is 4.59. The molecule has 0 atom stereocenters. The predicted octanol–water partition coefficient (Wildman–Crippen LogP) is 8.95. The summed E-state index contributed by atoms with van der Waals surface area (Å²) in [6.45, 7) is 5.64. The van der Waals surface area contributed by atoms with Gasteiger partial charge in [0.1, 0.15) is 0 Å². The SMILES string of the molecule is CC(=CC(C)=NCc1c2ccccc2cc2ccccc12)NCc1c2ccccc2cc2ccccc12. The van der Waals surface area contributed by atoms with Crippen LogP contribution in [0.5, 0.6) is 0 Å². The number of nitrogens with one attached hydrogen (secondary N) is 1. The fraction of sp³-hybridized carbons (Fsp3) is 0.114. The van der Waals surface area contributed by atoms with Gasteiger partial charge in [-0.25, -0.2) is 0 Å². The smallest absolute Gasteiger partial charge is 0.0655 e. The molecule has 0 aliphatic carbocycles. The minimum atomic E-state index is 0.658. The van der Waals surface area contributed by atoms with Crippen LogP contribution in [0.15, 0.2) is 126 Å². The Hall–Kier alpha value is -4.43. The van der Waals surface area contributed by atoms with Crippen molar-refractivity contribution in [2.24, 2.45) is 4.99 Å². The summed E-state index contributed by atoms with van der Waals surface area (Å²) in [7, 11) is 0. The number of hydrogen-bond acceptors (Lipinski definition) is 2. The molecule has 0 aliphatic heterocycles. The first-order chi connectivity index (χ1) is 18.2. The molecule has 0 aromatic heterocycles. The number of fused-ring (bicyclic) bond motifs is 4. The van der Waals surface area contributed by atoms with Gasteiger partial charge < -0.3 is 5.32 Å². The van der Waals surface area contributed by atoms with E-state index in [0.717, 1.165) is 18.0 Å². The van der Waals surface area contributed by atoms with Crippen molar-refractivity contribution in [3.63, 3.8) is 0 Å². The lowest BCUT2D eigenvalue weighted by atomic mass is 9.96. The lowest BCUT2D eigenvalue weighted by molar-refractivity contribution is 0.823. The van der Waals surface area contributed by atoms with Crippen molar-refractivity contribution in [3.05, 3.63) is 132 Å². The molecule has 0 bridgehead atoms. The molecule has 2 nitrogen and oxygen atoms in total. The largest absolute Gasteiger partial charge is 0.384 e. The Balaban J connectivity index is 1.27. The third-order valence-electron chi connectivity index (χ3n) is 7.22. The maximum absolute atomic E-state index is 4.99. The van der Waals surface area contributed by atoms with E-state index in [9.17, 15) is 0 Å². The van der Waals surface area contributed by atoms with Gasteiger partial charge in [0.05, 0.1) is 6.54 Å². The van der Waals surface area contributed by atoms with Crippen molar-refractivity contribution in [3.8, 4) is 0 Å². The van der Waals surface area contributed by atoms with Crippen LogP contribution in [0.2, 0.25) is 0 Å². The van der Waals surface area contributed by atoms with Crippen LogP contribution in [-0.4, -0.2) is 5.71 Å². The summed E-state index contributed by atoms with van der Waals surface area (Å²) < 4.78 is 0. The molecule has 0 radical (unpaired) electrons. The quantitative estimate of drug-likeness (QED) is 0.187. The molecule has 6 aromatic carbocycles. The first kappa shape index (κ1) is 23.0. The fourth-order valence-corrected chi connectivity index (χ4v) is 5.42. The highest BCUT2D eigenvalue weighted by Gasteiger charge is 2.08. The first-order valence-corrected chi connectivity index (χ1v) is 12.9. The highest BCUT2D eigenvalue weighted by Crippen LogP contribution is 2.30. The van der Waals surface area contributed by atoms with E-state index in [1.807, 2.05) is 0 Å². The number of nitrogens with zero attached hydrogens (tertiary/aromatic N) is 1. The van der Waals surface area contributed by atoms with E-state index in [0.29, 0.717) is 6.54 Å². The monoisotopic (exact) mass is 478 g/mol. The molecule has 1 N–H and O–H groups in total. The van der Waals surface area contributed by atoms with Crippen molar-refractivity contribution in [1.82, 2.24) is 5.32 Å². The zero-order valence-corrected chi connectivity index (χ0v) is 21.3. The summed E-state index contributed by atoms with van der Waals surface area (Å²) in [4.78, 5) is 4.99. The van der Waals surface area contributed by atoms with E-state index in [-0.39, 0.29) is 0 Å². The molecule has 0 saturated heterocycles. The van der Waals surface area contributed by atoms with Gasteiger partial charge in [0.2, 0.25) is 0 Å². The summed E-state index contributed by atoms with van der Waals surface area (Å²) in [6.07, 6.45) is 2.15. The van der Waals surface area contributed by atoms with Gasteiger partial charge in [-0.1, -0.05) is 97.1 Å². The third-order valence-corrected chi connectivity index (χ3v) is 7.22. The summed E-state index contributed by atoms with van der Waals surface area (Å²) in [5, 5.41) is 13.9. The molecular formula is C35H30N2. The highest BCUT2D eigenvalue weighted by molar-refractivity contribution is 6.03. The van der Waals surface area contributed by atoms with Crippen LogP contribution in [0.1, 0.15) is 25.0 Å². The summed E-state index contributed by atoms with van der Waals surface area (Å²) in [5.74, 6) is 0. The zero-order valence-electron chi connectivity index (χ0n) is 21.3. The van der Waals surface area contributed by atoms with Gasteiger partial charge in [0, 0.05) is 18.0 Å². The van der Waals surface area contributed by atoms with E-state index < -0.39 is 0 Å². The van der Waals surface area contributed by atoms with Gasteiger partial charge >= 0.3 is 0 Å². The van der Waals surface area contributed by atoms with Crippen molar-refractivity contribution in [2.75, 3.05) is 0 Å². The molecule has 0 heterocycles. The second kappa shape index (κ2) is 9.91. The maximum atomic E-state index is 4.99. The number of aliphatic imine (C=N–C) groups is 1. The lowest BCUT2D eigenvalue weighted by Gasteiger charge is -2.14. The number of benzene rings is 6. The average Bonchev–Trinajstić information content (AvgIpc) is 2.93. The number of allylic oxidation sites excluding steroid dienone is 2. The Labute approximate surface area is 218 Å². The average molecular weight is 479 g/mol. The topological polar surface area (TPSA) is 24.4 Å². The van der Waals surface area contributed by atoms with E-state index in [2.05, 4.69) is 134 Å². The van der Waals surface area contributed by atoms with E-state index >= 15 is 0 Å². The first-order valence-electron chi connectivity index (χ1n) is 12.9. The summed E-state index contributed by atoms with van der Waals surface area (Å²) >= 11 is 0. The molecule has 0 spiro atoms. The Bertz CT molecular complexity index is 1720. The number of hydrogen-bond donors (Lipinski definition) is 1.